The van der Waals surface area contributed by atoms with Crippen LogP contribution in [0.15, 0.2) is 53.5 Å². The van der Waals surface area contributed by atoms with Gasteiger partial charge in [-0.3, -0.25) is 9.78 Å². The summed E-state index contributed by atoms with van der Waals surface area (Å²) in [6, 6.07) is 7.70. The second kappa shape index (κ2) is 7.88. The van der Waals surface area contributed by atoms with Crippen LogP contribution in [0.2, 0.25) is 5.02 Å². The van der Waals surface area contributed by atoms with Crippen LogP contribution < -0.4 is 0 Å². The highest BCUT2D eigenvalue weighted by atomic mass is 35.5. The van der Waals surface area contributed by atoms with Crippen LogP contribution in [-0.4, -0.2) is 38.8 Å². The minimum atomic E-state index is -0.101. The molecule has 1 fully saturated rings. The second-order valence-corrected chi connectivity index (χ2v) is 7.02. The molecule has 0 bridgehead atoms. The Morgan fingerprint density at radius 2 is 2.11 bits per heavy atom. The molecule has 0 unspecified atom stereocenters. The number of aromatic nitrogens is 3. The molecule has 0 saturated carbocycles. The summed E-state index contributed by atoms with van der Waals surface area (Å²) in [7, 11) is 0. The standard InChI is InChI=1S/C20H19ClN4O2/c21-17-6-2-1-4-14(17)10-16-11-24-19(27-16)15-5-3-9-25(13-15)20(26)18-12-22-7-8-23-18/h1-2,4,6-8,11-12,15H,3,5,9-10,13H2/t15-/m1/s1. The lowest BCUT2D eigenvalue weighted by atomic mass is 9.98. The third-order valence-corrected chi connectivity index (χ3v) is 5.10. The van der Waals surface area contributed by atoms with Gasteiger partial charge in [0, 0.05) is 36.9 Å². The fourth-order valence-corrected chi connectivity index (χ4v) is 3.56. The fourth-order valence-electron chi connectivity index (χ4n) is 3.36. The average Bonchev–Trinajstić information content (AvgIpc) is 3.19. The van der Waals surface area contributed by atoms with Crippen molar-refractivity contribution in [3.05, 3.63) is 77.0 Å². The summed E-state index contributed by atoms with van der Waals surface area (Å²) in [6.07, 6.45) is 8.78. The van der Waals surface area contributed by atoms with E-state index >= 15 is 0 Å². The first-order chi connectivity index (χ1) is 13.2. The Hall–Kier alpha value is -2.73. The molecule has 1 aliphatic rings. The van der Waals surface area contributed by atoms with Crippen molar-refractivity contribution in [2.45, 2.75) is 25.2 Å². The van der Waals surface area contributed by atoms with Crippen molar-refractivity contribution < 1.29 is 9.21 Å². The minimum absolute atomic E-state index is 0.0827. The zero-order valence-electron chi connectivity index (χ0n) is 14.7. The molecule has 0 N–H and O–H groups in total. The van der Waals surface area contributed by atoms with Gasteiger partial charge in [-0.15, -0.1) is 0 Å². The van der Waals surface area contributed by atoms with Gasteiger partial charge in [0.2, 0.25) is 0 Å². The maximum Gasteiger partial charge on any atom is 0.274 e. The third-order valence-electron chi connectivity index (χ3n) is 4.73. The monoisotopic (exact) mass is 382 g/mol. The predicted octanol–water partition coefficient (Wildman–Crippen LogP) is 3.73. The molecule has 1 saturated heterocycles. The van der Waals surface area contributed by atoms with Crippen molar-refractivity contribution in [3.63, 3.8) is 0 Å². The Labute approximate surface area is 162 Å². The molecule has 1 aliphatic heterocycles. The first-order valence-electron chi connectivity index (χ1n) is 8.94. The van der Waals surface area contributed by atoms with Crippen molar-refractivity contribution in [2.24, 2.45) is 0 Å². The largest absolute Gasteiger partial charge is 0.445 e. The Kier molecular flexibility index (Phi) is 5.16. The first kappa shape index (κ1) is 17.7. The van der Waals surface area contributed by atoms with E-state index in [1.165, 1.54) is 12.4 Å². The molecule has 3 aromatic rings. The van der Waals surface area contributed by atoms with Crippen LogP contribution in [0.5, 0.6) is 0 Å². The van der Waals surface area contributed by atoms with Gasteiger partial charge in [-0.05, 0) is 24.5 Å². The van der Waals surface area contributed by atoms with Gasteiger partial charge >= 0.3 is 0 Å². The minimum Gasteiger partial charge on any atom is -0.445 e. The SMILES string of the molecule is O=C(c1cnccn1)N1CCC[C@@H](c2ncc(Cc3ccccc3Cl)o2)C1. The molecule has 1 aromatic carbocycles. The number of nitrogens with zero attached hydrogens (tertiary/aromatic N) is 4. The molecule has 3 heterocycles. The summed E-state index contributed by atoms with van der Waals surface area (Å²) in [4.78, 5) is 27.0. The van der Waals surface area contributed by atoms with Crippen molar-refractivity contribution in [1.29, 1.82) is 0 Å². The number of hydrogen-bond acceptors (Lipinski definition) is 5. The summed E-state index contributed by atoms with van der Waals surface area (Å²) in [5, 5.41) is 0.717. The molecule has 0 radical (unpaired) electrons. The summed E-state index contributed by atoms with van der Waals surface area (Å²) in [6.45, 7) is 1.28. The number of likely N-dealkylation sites (tertiary alicyclic amines) is 1. The normalized spacial score (nSPS) is 17.1. The Morgan fingerprint density at radius 3 is 2.93 bits per heavy atom. The first-order valence-corrected chi connectivity index (χ1v) is 9.32. The molecule has 0 spiro atoms. The number of piperidine rings is 1. The highest BCUT2D eigenvalue weighted by molar-refractivity contribution is 6.31. The number of carbonyl (C=O) groups excluding carboxylic acids is 1. The number of amides is 1. The van der Waals surface area contributed by atoms with Crippen LogP contribution >= 0.6 is 11.6 Å². The summed E-state index contributed by atoms with van der Waals surface area (Å²) in [5.74, 6) is 1.43. The van der Waals surface area contributed by atoms with Crippen LogP contribution in [0.4, 0.5) is 0 Å². The van der Waals surface area contributed by atoms with E-state index < -0.39 is 0 Å². The molecule has 27 heavy (non-hydrogen) atoms. The molecular weight excluding hydrogens is 364 g/mol. The molecule has 4 rings (SSSR count). The molecule has 2 aromatic heterocycles. The van der Waals surface area contributed by atoms with Crippen molar-refractivity contribution in [2.75, 3.05) is 13.1 Å². The van der Waals surface area contributed by atoms with E-state index in [-0.39, 0.29) is 11.8 Å². The molecule has 1 amide bonds. The molecule has 1 atom stereocenters. The van der Waals surface area contributed by atoms with Gasteiger partial charge < -0.3 is 9.32 Å². The Balaban J connectivity index is 1.45. The second-order valence-electron chi connectivity index (χ2n) is 6.61. The lowest BCUT2D eigenvalue weighted by Gasteiger charge is -2.30. The average molecular weight is 383 g/mol. The Morgan fingerprint density at radius 1 is 1.22 bits per heavy atom. The third kappa shape index (κ3) is 4.01. The van der Waals surface area contributed by atoms with Gasteiger partial charge in [-0.1, -0.05) is 29.8 Å². The summed E-state index contributed by atoms with van der Waals surface area (Å²) in [5.41, 5.74) is 1.37. The van der Waals surface area contributed by atoms with E-state index in [4.69, 9.17) is 16.0 Å². The Bertz CT molecular complexity index is 928. The zero-order valence-corrected chi connectivity index (χ0v) is 15.5. The number of halogens is 1. The highest BCUT2D eigenvalue weighted by Gasteiger charge is 2.29. The number of hydrogen-bond donors (Lipinski definition) is 0. The van der Waals surface area contributed by atoms with Crippen LogP contribution in [0, 0.1) is 0 Å². The smallest absolute Gasteiger partial charge is 0.274 e. The molecule has 0 aliphatic carbocycles. The lowest BCUT2D eigenvalue weighted by Crippen LogP contribution is -2.39. The fraction of sp³-hybridized carbons (Fsp3) is 0.300. The van der Waals surface area contributed by atoms with Crippen LogP contribution in [0.1, 0.15) is 46.5 Å². The van der Waals surface area contributed by atoms with Crippen molar-refractivity contribution in [3.8, 4) is 0 Å². The molecule has 7 heteroatoms. The van der Waals surface area contributed by atoms with Crippen molar-refractivity contribution >= 4 is 17.5 Å². The van der Waals surface area contributed by atoms with Crippen LogP contribution in [0.25, 0.3) is 0 Å². The molecule has 138 valence electrons. The van der Waals surface area contributed by atoms with Crippen LogP contribution in [0.3, 0.4) is 0 Å². The van der Waals surface area contributed by atoms with E-state index in [1.807, 2.05) is 24.3 Å². The summed E-state index contributed by atoms with van der Waals surface area (Å²) >= 11 is 6.22. The zero-order chi connectivity index (χ0) is 18.6. The predicted molar refractivity (Wildman–Crippen MR) is 101 cm³/mol. The maximum atomic E-state index is 12.6. The molecule has 6 nitrogen and oxygen atoms in total. The lowest BCUT2D eigenvalue weighted by molar-refractivity contribution is 0.0691. The van der Waals surface area contributed by atoms with Gasteiger partial charge in [0.15, 0.2) is 5.89 Å². The van der Waals surface area contributed by atoms with Gasteiger partial charge in [-0.2, -0.15) is 0 Å². The quantitative estimate of drug-likeness (QED) is 0.687. The molecular formula is C20H19ClN4O2. The van der Waals surface area contributed by atoms with E-state index in [1.54, 1.807) is 17.3 Å². The number of benzene rings is 1. The maximum absolute atomic E-state index is 12.6. The highest BCUT2D eigenvalue weighted by Crippen LogP contribution is 2.28. The number of carbonyl (C=O) groups is 1. The van der Waals surface area contributed by atoms with E-state index in [2.05, 4.69) is 15.0 Å². The summed E-state index contributed by atoms with van der Waals surface area (Å²) < 4.78 is 5.98. The van der Waals surface area contributed by atoms with Gasteiger partial charge in [-0.25, -0.2) is 9.97 Å². The van der Waals surface area contributed by atoms with Crippen LogP contribution in [-0.2, 0) is 6.42 Å². The van der Waals surface area contributed by atoms with Crippen molar-refractivity contribution in [1.82, 2.24) is 19.9 Å². The van der Waals surface area contributed by atoms with Gasteiger partial charge in [0.25, 0.3) is 5.91 Å². The number of rotatable bonds is 4. The van der Waals surface area contributed by atoms with Gasteiger partial charge in [0.1, 0.15) is 11.5 Å². The van der Waals surface area contributed by atoms with E-state index in [0.717, 1.165) is 24.2 Å². The number of oxazole rings is 1. The van der Waals surface area contributed by atoms with E-state index in [0.29, 0.717) is 36.1 Å². The topological polar surface area (TPSA) is 72.1 Å². The van der Waals surface area contributed by atoms with Gasteiger partial charge in [0.05, 0.1) is 18.3 Å². The van der Waals surface area contributed by atoms with E-state index in [9.17, 15) is 4.79 Å².